The maximum absolute atomic E-state index is 13.5. The van der Waals surface area contributed by atoms with E-state index in [9.17, 15) is 8.78 Å². The van der Waals surface area contributed by atoms with Crippen molar-refractivity contribution in [3.8, 4) is 0 Å². The van der Waals surface area contributed by atoms with E-state index in [1.807, 2.05) is 11.9 Å². The Balaban J connectivity index is 2.60. The van der Waals surface area contributed by atoms with Crippen LogP contribution in [0.15, 0.2) is 23.2 Å². The van der Waals surface area contributed by atoms with Gasteiger partial charge in [0.2, 0.25) is 0 Å². The molecule has 0 heterocycles. The Morgan fingerprint density at radius 1 is 1.37 bits per heavy atom. The van der Waals surface area contributed by atoms with Crippen LogP contribution in [0.4, 0.5) is 8.78 Å². The van der Waals surface area contributed by atoms with Gasteiger partial charge in [0.15, 0.2) is 5.96 Å². The molecule has 0 saturated heterocycles. The zero-order chi connectivity index (χ0) is 14.3. The minimum Gasteiger partial charge on any atom is -0.352 e. The van der Waals surface area contributed by atoms with Crippen LogP contribution >= 0.6 is 0 Å². The summed E-state index contributed by atoms with van der Waals surface area (Å²) in [5, 5.41) is 3.03. The van der Waals surface area contributed by atoms with Gasteiger partial charge in [-0.1, -0.05) is 13.3 Å². The van der Waals surface area contributed by atoms with Crippen molar-refractivity contribution in [2.75, 3.05) is 20.6 Å². The molecular formula is C14H21F2N3. The Morgan fingerprint density at radius 2 is 2.11 bits per heavy atom. The van der Waals surface area contributed by atoms with Gasteiger partial charge in [-0.25, -0.2) is 8.78 Å². The molecule has 3 nitrogen and oxygen atoms in total. The lowest BCUT2D eigenvalue weighted by atomic mass is 10.2. The lowest BCUT2D eigenvalue weighted by molar-refractivity contribution is 0.463. The van der Waals surface area contributed by atoms with Gasteiger partial charge in [0.1, 0.15) is 11.6 Å². The molecule has 0 amide bonds. The van der Waals surface area contributed by atoms with Crippen molar-refractivity contribution >= 4 is 5.96 Å². The maximum Gasteiger partial charge on any atom is 0.193 e. The number of rotatable bonds is 5. The molecule has 0 fully saturated rings. The van der Waals surface area contributed by atoms with Crippen LogP contribution in [0.25, 0.3) is 0 Å². The predicted octanol–water partition coefficient (Wildman–Crippen LogP) is 2.77. The second kappa shape index (κ2) is 7.71. The van der Waals surface area contributed by atoms with Crippen LogP contribution in [0.2, 0.25) is 0 Å². The summed E-state index contributed by atoms with van der Waals surface area (Å²) in [6.07, 6.45) is 2.16. The summed E-state index contributed by atoms with van der Waals surface area (Å²) in [6, 6.07) is 3.44. The number of benzene rings is 1. The predicted molar refractivity (Wildman–Crippen MR) is 74.1 cm³/mol. The Labute approximate surface area is 113 Å². The molecule has 1 aromatic rings. The standard InChI is InChI=1S/C14H21F2N3/c1-4-5-8-19(3)14(17-2)18-10-11-9-12(15)6-7-13(11)16/h6-7,9H,4-5,8,10H2,1-3H3,(H,17,18). The van der Waals surface area contributed by atoms with Gasteiger partial charge in [-0.3, -0.25) is 4.99 Å². The molecule has 19 heavy (non-hydrogen) atoms. The van der Waals surface area contributed by atoms with Gasteiger partial charge in [0.05, 0.1) is 0 Å². The second-order valence-corrected chi connectivity index (χ2v) is 4.41. The quantitative estimate of drug-likeness (QED) is 0.657. The second-order valence-electron chi connectivity index (χ2n) is 4.41. The monoisotopic (exact) mass is 269 g/mol. The molecule has 1 aromatic carbocycles. The number of hydrogen-bond acceptors (Lipinski definition) is 1. The largest absolute Gasteiger partial charge is 0.352 e. The van der Waals surface area contributed by atoms with Crippen LogP contribution in [0, 0.1) is 11.6 Å². The van der Waals surface area contributed by atoms with E-state index >= 15 is 0 Å². The van der Waals surface area contributed by atoms with Crippen LogP contribution in [0.1, 0.15) is 25.3 Å². The molecule has 0 atom stereocenters. The number of halogens is 2. The van der Waals surface area contributed by atoms with Gasteiger partial charge in [-0.05, 0) is 24.6 Å². The Bertz CT molecular complexity index is 433. The molecule has 0 aromatic heterocycles. The first kappa shape index (κ1) is 15.4. The summed E-state index contributed by atoms with van der Waals surface area (Å²) >= 11 is 0. The van der Waals surface area contributed by atoms with Gasteiger partial charge in [0, 0.05) is 32.7 Å². The highest BCUT2D eigenvalue weighted by atomic mass is 19.1. The molecule has 0 unspecified atom stereocenters. The summed E-state index contributed by atoms with van der Waals surface area (Å²) in [4.78, 5) is 6.10. The average molecular weight is 269 g/mol. The third-order valence-electron chi connectivity index (χ3n) is 2.87. The fourth-order valence-electron chi connectivity index (χ4n) is 1.74. The Hall–Kier alpha value is -1.65. The normalized spacial score (nSPS) is 11.5. The molecule has 1 rings (SSSR count). The smallest absolute Gasteiger partial charge is 0.193 e. The van der Waals surface area contributed by atoms with Crippen molar-refractivity contribution in [2.24, 2.45) is 4.99 Å². The minimum atomic E-state index is -0.437. The van der Waals surface area contributed by atoms with Crippen LogP contribution in [0.5, 0.6) is 0 Å². The van der Waals surface area contributed by atoms with Crippen molar-refractivity contribution in [1.29, 1.82) is 0 Å². The third-order valence-corrected chi connectivity index (χ3v) is 2.87. The summed E-state index contributed by atoms with van der Waals surface area (Å²) in [5.41, 5.74) is 0.296. The molecule has 0 radical (unpaired) electrons. The molecule has 0 aliphatic carbocycles. The summed E-state index contributed by atoms with van der Waals surface area (Å²) in [6.45, 7) is 3.21. The van der Waals surface area contributed by atoms with Gasteiger partial charge >= 0.3 is 0 Å². The third kappa shape index (κ3) is 4.85. The van der Waals surface area contributed by atoms with E-state index < -0.39 is 11.6 Å². The van der Waals surface area contributed by atoms with E-state index in [1.54, 1.807) is 7.05 Å². The summed E-state index contributed by atoms with van der Waals surface area (Å²) in [5.74, 6) is -0.176. The van der Waals surface area contributed by atoms with Crippen molar-refractivity contribution in [1.82, 2.24) is 10.2 Å². The average Bonchev–Trinajstić information content (AvgIpc) is 2.40. The van der Waals surface area contributed by atoms with Crippen molar-refractivity contribution in [3.63, 3.8) is 0 Å². The van der Waals surface area contributed by atoms with E-state index in [0.717, 1.165) is 31.5 Å². The highest BCUT2D eigenvalue weighted by Gasteiger charge is 2.08. The molecule has 106 valence electrons. The first-order chi connectivity index (χ1) is 9.08. The van der Waals surface area contributed by atoms with Crippen molar-refractivity contribution < 1.29 is 8.78 Å². The number of hydrogen-bond donors (Lipinski definition) is 1. The fourth-order valence-corrected chi connectivity index (χ4v) is 1.74. The van der Waals surface area contributed by atoms with E-state index in [2.05, 4.69) is 17.2 Å². The maximum atomic E-state index is 13.5. The van der Waals surface area contributed by atoms with Crippen LogP contribution in [0.3, 0.4) is 0 Å². The first-order valence-corrected chi connectivity index (χ1v) is 6.44. The zero-order valence-electron chi connectivity index (χ0n) is 11.7. The van der Waals surface area contributed by atoms with Gasteiger partial charge < -0.3 is 10.2 Å². The highest BCUT2D eigenvalue weighted by Crippen LogP contribution is 2.09. The van der Waals surface area contributed by atoms with E-state index in [0.29, 0.717) is 11.5 Å². The molecule has 5 heteroatoms. The highest BCUT2D eigenvalue weighted by molar-refractivity contribution is 5.79. The molecular weight excluding hydrogens is 248 g/mol. The molecule has 0 aliphatic heterocycles. The van der Waals surface area contributed by atoms with Gasteiger partial charge in [-0.15, -0.1) is 0 Å². The molecule has 1 N–H and O–H groups in total. The molecule has 0 saturated carbocycles. The number of unbranched alkanes of at least 4 members (excludes halogenated alkanes) is 1. The van der Waals surface area contributed by atoms with Gasteiger partial charge in [0.25, 0.3) is 0 Å². The summed E-state index contributed by atoms with van der Waals surface area (Å²) < 4.78 is 26.5. The molecule has 0 spiro atoms. The lowest BCUT2D eigenvalue weighted by Gasteiger charge is -2.22. The van der Waals surface area contributed by atoms with Gasteiger partial charge in [-0.2, -0.15) is 0 Å². The molecule has 0 bridgehead atoms. The zero-order valence-corrected chi connectivity index (χ0v) is 11.7. The van der Waals surface area contributed by atoms with Crippen LogP contribution in [-0.4, -0.2) is 31.5 Å². The van der Waals surface area contributed by atoms with E-state index in [-0.39, 0.29) is 6.54 Å². The Morgan fingerprint density at radius 3 is 2.74 bits per heavy atom. The topological polar surface area (TPSA) is 27.6 Å². The van der Waals surface area contributed by atoms with Crippen molar-refractivity contribution in [3.05, 3.63) is 35.4 Å². The number of guanidine groups is 1. The van der Waals surface area contributed by atoms with Crippen molar-refractivity contribution in [2.45, 2.75) is 26.3 Å². The number of aliphatic imine (C=N–C) groups is 1. The minimum absolute atomic E-state index is 0.215. The number of nitrogens with zero attached hydrogens (tertiary/aromatic N) is 2. The van der Waals surface area contributed by atoms with E-state index in [4.69, 9.17) is 0 Å². The lowest BCUT2D eigenvalue weighted by Crippen LogP contribution is -2.39. The van der Waals surface area contributed by atoms with E-state index in [1.165, 1.54) is 6.07 Å². The molecule has 0 aliphatic rings. The van der Waals surface area contributed by atoms with Crippen LogP contribution in [-0.2, 0) is 6.54 Å². The summed E-state index contributed by atoms with van der Waals surface area (Å²) in [7, 11) is 3.60. The fraction of sp³-hybridized carbons (Fsp3) is 0.500. The first-order valence-electron chi connectivity index (χ1n) is 6.44. The van der Waals surface area contributed by atoms with Crippen LogP contribution < -0.4 is 5.32 Å². The number of nitrogens with one attached hydrogen (secondary N) is 1. The SMILES string of the molecule is CCCCN(C)C(=NC)NCc1cc(F)ccc1F. The Kier molecular flexibility index (Phi) is 6.25.